The summed E-state index contributed by atoms with van der Waals surface area (Å²) >= 11 is 3.16. The van der Waals surface area contributed by atoms with E-state index in [1.54, 1.807) is 32.4 Å². The summed E-state index contributed by atoms with van der Waals surface area (Å²) in [5, 5.41) is -0.272. The Kier molecular flexibility index (Phi) is 7.02. The Hall–Kier alpha value is -2.26. The third-order valence-corrected chi connectivity index (χ3v) is 5.99. The average molecular weight is 521 g/mol. The molecule has 0 N–H and O–H groups in total. The lowest BCUT2D eigenvalue weighted by molar-refractivity contribution is -0.123. The highest BCUT2D eigenvalue weighted by atomic mass is 127. The van der Waals surface area contributed by atoms with Gasteiger partial charge >= 0.3 is 0 Å². The van der Waals surface area contributed by atoms with Crippen molar-refractivity contribution < 1.29 is 19.1 Å². The smallest absolute Gasteiger partial charge is 0.293 e. The molecule has 1 heterocycles. The molecule has 0 bridgehead atoms. The van der Waals surface area contributed by atoms with Crippen LogP contribution < -0.4 is 9.47 Å². The van der Waals surface area contributed by atoms with E-state index in [1.807, 2.05) is 30.3 Å². The molecular formula is C22H20INO4S. The number of halogens is 1. The van der Waals surface area contributed by atoms with Gasteiger partial charge in [-0.25, -0.2) is 0 Å². The molecule has 1 fully saturated rings. The number of benzene rings is 2. The van der Waals surface area contributed by atoms with Gasteiger partial charge in [-0.1, -0.05) is 18.2 Å². The van der Waals surface area contributed by atoms with E-state index in [0.717, 1.165) is 32.0 Å². The largest absolute Gasteiger partial charge is 0.493 e. The molecule has 1 saturated heterocycles. The van der Waals surface area contributed by atoms with E-state index < -0.39 is 0 Å². The second kappa shape index (κ2) is 9.49. The van der Waals surface area contributed by atoms with Gasteiger partial charge in [-0.3, -0.25) is 14.5 Å². The zero-order valence-corrected chi connectivity index (χ0v) is 19.1. The average Bonchev–Trinajstić information content (AvgIpc) is 2.96. The molecule has 7 heteroatoms. The summed E-state index contributed by atoms with van der Waals surface area (Å²) < 4.78 is 12.0. The number of amides is 2. The summed E-state index contributed by atoms with van der Waals surface area (Å²) in [4.78, 5) is 26.9. The van der Waals surface area contributed by atoms with Crippen LogP contribution in [0.1, 0.15) is 16.7 Å². The van der Waals surface area contributed by atoms with Gasteiger partial charge in [-0.05, 0) is 82.2 Å². The van der Waals surface area contributed by atoms with Gasteiger partial charge in [0.15, 0.2) is 11.5 Å². The van der Waals surface area contributed by atoms with Crippen molar-refractivity contribution in [2.75, 3.05) is 14.2 Å². The Balaban J connectivity index is 1.89. The minimum atomic E-state index is -0.293. The van der Waals surface area contributed by atoms with Gasteiger partial charge in [-0.2, -0.15) is 0 Å². The monoisotopic (exact) mass is 521 g/mol. The van der Waals surface area contributed by atoms with Gasteiger partial charge in [0, 0.05) is 9.13 Å². The number of hydrogen-bond acceptors (Lipinski definition) is 5. The Morgan fingerprint density at radius 1 is 1.14 bits per heavy atom. The molecule has 0 saturated carbocycles. The first kappa shape index (κ1) is 21.4. The van der Waals surface area contributed by atoms with Crippen molar-refractivity contribution in [3.8, 4) is 11.5 Å². The van der Waals surface area contributed by atoms with Crippen LogP contribution in [0.3, 0.4) is 0 Å². The summed E-state index contributed by atoms with van der Waals surface area (Å²) in [6.07, 6.45) is 4.08. The normalized spacial score (nSPS) is 15.1. The van der Waals surface area contributed by atoms with Gasteiger partial charge in [0.25, 0.3) is 11.1 Å². The van der Waals surface area contributed by atoms with E-state index in [9.17, 15) is 9.59 Å². The predicted octanol–water partition coefficient (Wildman–Crippen LogP) is 5.27. The van der Waals surface area contributed by atoms with Gasteiger partial charge < -0.3 is 9.47 Å². The fourth-order valence-electron chi connectivity index (χ4n) is 3.02. The summed E-state index contributed by atoms with van der Waals surface area (Å²) in [6, 6.07) is 11.5. The maximum Gasteiger partial charge on any atom is 0.293 e. The molecule has 0 spiro atoms. The van der Waals surface area contributed by atoms with Crippen molar-refractivity contribution >= 4 is 51.6 Å². The number of allylic oxidation sites excluding steroid dienone is 1. The van der Waals surface area contributed by atoms with Crippen LogP contribution in [0.2, 0.25) is 0 Å². The second-order valence-corrected chi connectivity index (χ2v) is 8.54. The van der Waals surface area contributed by atoms with E-state index in [2.05, 4.69) is 29.2 Å². The Bertz CT molecular complexity index is 985. The van der Waals surface area contributed by atoms with Crippen molar-refractivity contribution in [1.29, 1.82) is 0 Å². The molecule has 1 aliphatic rings. The summed E-state index contributed by atoms with van der Waals surface area (Å²) in [5.74, 6) is 0.909. The van der Waals surface area contributed by atoms with Gasteiger partial charge in [0.1, 0.15) is 0 Å². The van der Waals surface area contributed by atoms with Crippen molar-refractivity contribution in [1.82, 2.24) is 4.90 Å². The lowest BCUT2D eigenvalue weighted by atomic mass is 10.0. The summed E-state index contributed by atoms with van der Waals surface area (Å²) in [7, 11) is 3.15. The molecule has 0 radical (unpaired) electrons. The highest BCUT2D eigenvalue weighted by Gasteiger charge is 2.35. The fourth-order valence-corrected chi connectivity index (χ4v) is 4.22. The first-order valence-electron chi connectivity index (χ1n) is 8.82. The molecule has 0 unspecified atom stereocenters. The standard InChI is InChI=1S/C22H20INO4S/c1-4-5-16-10-15(11-18(27-2)20(16)28-3)12-19-21(25)24(22(26)29-19)13-14-6-8-17(23)9-7-14/h4,6-12H,1,5,13H2,2-3H3/b19-12-. The van der Waals surface area contributed by atoms with Crippen LogP contribution in [0, 0.1) is 3.57 Å². The molecule has 0 aromatic heterocycles. The van der Waals surface area contributed by atoms with Crippen molar-refractivity contribution in [2.24, 2.45) is 0 Å². The Labute approximate surface area is 187 Å². The molecule has 0 aliphatic carbocycles. The van der Waals surface area contributed by atoms with E-state index >= 15 is 0 Å². The zero-order chi connectivity index (χ0) is 21.0. The molecule has 5 nitrogen and oxygen atoms in total. The van der Waals surface area contributed by atoms with Gasteiger partial charge in [0.2, 0.25) is 0 Å². The minimum absolute atomic E-state index is 0.257. The molecule has 2 amide bonds. The molecular weight excluding hydrogens is 501 g/mol. The van der Waals surface area contributed by atoms with Crippen LogP contribution in [-0.4, -0.2) is 30.3 Å². The number of imide groups is 1. The summed E-state index contributed by atoms with van der Waals surface area (Å²) in [5.41, 5.74) is 2.57. The maximum atomic E-state index is 12.8. The number of methoxy groups -OCH3 is 2. The lowest BCUT2D eigenvalue weighted by Gasteiger charge is -2.13. The molecule has 3 rings (SSSR count). The first-order chi connectivity index (χ1) is 14.0. The topological polar surface area (TPSA) is 55.8 Å². The van der Waals surface area contributed by atoms with Crippen LogP contribution in [0.5, 0.6) is 11.5 Å². The Morgan fingerprint density at radius 2 is 1.86 bits per heavy atom. The van der Waals surface area contributed by atoms with E-state index in [0.29, 0.717) is 22.8 Å². The van der Waals surface area contributed by atoms with Crippen molar-refractivity contribution in [3.05, 3.63) is 74.2 Å². The highest BCUT2D eigenvalue weighted by molar-refractivity contribution is 14.1. The van der Waals surface area contributed by atoms with Gasteiger partial charge in [-0.15, -0.1) is 6.58 Å². The van der Waals surface area contributed by atoms with Gasteiger partial charge in [0.05, 0.1) is 25.7 Å². The highest BCUT2D eigenvalue weighted by Crippen LogP contribution is 2.37. The van der Waals surface area contributed by atoms with Crippen LogP contribution >= 0.6 is 34.4 Å². The van der Waals surface area contributed by atoms with E-state index in [1.165, 1.54) is 4.90 Å². The summed E-state index contributed by atoms with van der Waals surface area (Å²) in [6.45, 7) is 4.03. The Morgan fingerprint density at radius 3 is 2.48 bits per heavy atom. The molecule has 2 aromatic rings. The maximum absolute atomic E-state index is 12.8. The third kappa shape index (κ3) is 4.84. The predicted molar refractivity (Wildman–Crippen MR) is 124 cm³/mol. The van der Waals surface area contributed by atoms with Crippen LogP contribution in [0.15, 0.2) is 54.0 Å². The SMILES string of the molecule is C=CCc1cc(/C=C2\SC(=O)N(Cc3ccc(I)cc3)C2=O)cc(OC)c1OC. The number of carbonyl (C=O) groups excluding carboxylic acids is 2. The minimum Gasteiger partial charge on any atom is -0.493 e. The molecule has 29 heavy (non-hydrogen) atoms. The molecule has 0 atom stereocenters. The molecule has 1 aliphatic heterocycles. The lowest BCUT2D eigenvalue weighted by Crippen LogP contribution is -2.27. The number of carbonyl (C=O) groups is 2. The number of nitrogens with zero attached hydrogens (tertiary/aromatic N) is 1. The number of ether oxygens (including phenoxy) is 2. The quantitative estimate of drug-likeness (QED) is 0.282. The third-order valence-electron chi connectivity index (χ3n) is 4.37. The van der Waals surface area contributed by atoms with Crippen molar-refractivity contribution in [3.63, 3.8) is 0 Å². The van der Waals surface area contributed by atoms with Crippen LogP contribution in [-0.2, 0) is 17.8 Å². The van der Waals surface area contributed by atoms with E-state index in [-0.39, 0.29) is 17.7 Å². The fraction of sp³-hybridized carbons (Fsp3) is 0.182. The van der Waals surface area contributed by atoms with Crippen LogP contribution in [0.25, 0.3) is 6.08 Å². The number of rotatable bonds is 7. The second-order valence-electron chi connectivity index (χ2n) is 6.30. The number of thioether (sulfide) groups is 1. The van der Waals surface area contributed by atoms with Crippen molar-refractivity contribution in [2.45, 2.75) is 13.0 Å². The van der Waals surface area contributed by atoms with E-state index in [4.69, 9.17) is 9.47 Å². The number of hydrogen-bond donors (Lipinski definition) is 0. The first-order valence-corrected chi connectivity index (χ1v) is 10.7. The zero-order valence-electron chi connectivity index (χ0n) is 16.1. The molecule has 150 valence electrons. The van der Waals surface area contributed by atoms with Crippen LogP contribution in [0.4, 0.5) is 4.79 Å². The molecule has 2 aromatic carbocycles.